The Balaban J connectivity index is 1.54. The Morgan fingerprint density at radius 3 is 2.61 bits per heavy atom. The van der Waals surface area contributed by atoms with Gasteiger partial charge < -0.3 is 15.0 Å². The Kier molecular flexibility index (Phi) is 7.08. The van der Waals surface area contributed by atoms with E-state index in [4.69, 9.17) is 4.74 Å². The van der Waals surface area contributed by atoms with Crippen molar-refractivity contribution in [3.63, 3.8) is 0 Å². The molecule has 0 radical (unpaired) electrons. The first-order valence-electron chi connectivity index (χ1n) is 10.4. The number of carbonyl (C=O) groups is 2. The van der Waals surface area contributed by atoms with Gasteiger partial charge >= 0.3 is 6.18 Å². The fraction of sp³-hybridized carbons (Fsp3) is 0.409. The molecule has 2 aromatic rings. The van der Waals surface area contributed by atoms with Gasteiger partial charge in [-0.2, -0.15) is 13.2 Å². The standard InChI is InChI=1S/C22H21F3IN3O3S/c1-32-18-10-15-12(11-29(21(15)31)13-5-7-14(33-26)8-6-13)9-17(18)28-20(30)16-3-2-4-19(27-16)22(23,24)25/h2-4,9-10,13-14H,5-8,11H2,1H3,(H,28,30)/t13-,14-. The molecule has 4 rings (SSSR count). The smallest absolute Gasteiger partial charge is 0.433 e. The Bertz CT molecular complexity index is 1070. The SMILES string of the molecule is COc1cc2c(cc1NC(=O)c1cccc(C(F)(F)F)n1)CN([C@H]1CC[C@H](SI)CC1)C2=O. The predicted molar refractivity (Wildman–Crippen MR) is 128 cm³/mol. The zero-order chi connectivity index (χ0) is 23.8. The first kappa shape index (κ1) is 24.1. The maximum atomic E-state index is 13.1. The third-order valence-electron chi connectivity index (χ3n) is 5.99. The molecule has 11 heteroatoms. The second kappa shape index (κ2) is 9.69. The molecule has 2 aliphatic rings. The quantitative estimate of drug-likeness (QED) is 0.452. The molecule has 1 aromatic heterocycles. The minimum Gasteiger partial charge on any atom is -0.495 e. The summed E-state index contributed by atoms with van der Waals surface area (Å²) in [6.07, 6.45) is -0.634. The lowest BCUT2D eigenvalue weighted by molar-refractivity contribution is -0.141. The van der Waals surface area contributed by atoms with Crippen molar-refractivity contribution in [2.75, 3.05) is 12.4 Å². The molecule has 1 saturated carbocycles. The van der Waals surface area contributed by atoms with Gasteiger partial charge in [-0.1, -0.05) is 15.0 Å². The number of aromatic nitrogens is 1. The monoisotopic (exact) mass is 591 g/mol. The molecular formula is C22H21F3IN3O3S. The fourth-order valence-corrected chi connectivity index (χ4v) is 6.25. The third-order valence-corrected chi connectivity index (χ3v) is 8.87. The largest absolute Gasteiger partial charge is 0.495 e. The highest BCUT2D eigenvalue weighted by atomic mass is 127. The minimum absolute atomic E-state index is 0.0636. The van der Waals surface area contributed by atoms with Gasteiger partial charge in [0, 0.05) is 23.4 Å². The van der Waals surface area contributed by atoms with Crippen LogP contribution in [0, 0.1) is 0 Å². The van der Waals surface area contributed by atoms with E-state index in [-0.39, 0.29) is 29.1 Å². The third kappa shape index (κ3) is 5.08. The van der Waals surface area contributed by atoms with Crippen molar-refractivity contribution in [1.29, 1.82) is 0 Å². The van der Waals surface area contributed by atoms with Gasteiger partial charge in [-0.15, -0.1) is 0 Å². The number of pyridine rings is 1. The van der Waals surface area contributed by atoms with E-state index in [1.165, 1.54) is 13.2 Å². The number of hydrogen-bond acceptors (Lipinski definition) is 5. The molecule has 33 heavy (non-hydrogen) atoms. The van der Waals surface area contributed by atoms with Gasteiger partial charge in [-0.25, -0.2) is 4.98 Å². The summed E-state index contributed by atoms with van der Waals surface area (Å²) in [5.41, 5.74) is 0.0361. The number of benzene rings is 1. The van der Waals surface area contributed by atoms with Gasteiger partial charge in [0.2, 0.25) is 0 Å². The number of hydrogen-bond donors (Lipinski definition) is 1. The summed E-state index contributed by atoms with van der Waals surface area (Å²) < 4.78 is 44.2. The molecular weight excluding hydrogens is 570 g/mol. The fourth-order valence-electron chi connectivity index (χ4n) is 4.28. The lowest BCUT2D eigenvalue weighted by atomic mass is 9.94. The summed E-state index contributed by atoms with van der Waals surface area (Å²) in [5, 5.41) is 3.20. The van der Waals surface area contributed by atoms with Crippen molar-refractivity contribution >= 4 is 47.6 Å². The van der Waals surface area contributed by atoms with E-state index in [0.717, 1.165) is 43.4 Å². The average molecular weight is 591 g/mol. The summed E-state index contributed by atoms with van der Waals surface area (Å²) in [7, 11) is 3.24. The number of amides is 2. The molecule has 2 heterocycles. The zero-order valence-electron chi connectivity index (χ0n) is 17.6. The normalized spacial score (nSPS) is 20.5. The highest BCUT2D eigenvalue weighted by molar-refractivity contribution is 14.2. The van der Waals surface area contributed by atoms with E-state index in [1.54, 1.807) is 12.1 Å². The van der Waals surface area contributed by atoms with Gasteiger partial charge in [0.1, 0.15) is 17.1 Å². The van der Waals surface area contributed by atoms with E-state index in [0.29, 0.717) is 17.4 Å². The molecule has 2 amide bonds. The molecule has 1 aliphatic carbocycles. The maximum absolute atomic E-state index is 13.1. The highest BCUT2D eigenvalue weighted by Crippen LogP contribution is 2.39. The molecule has 0 spiro atoms. The average Bonchev–Trinajstić information content (AvgIpc) is 3.13. The molecule has 1 fully saturated rings. The van der Waals surface area contributed by atoms with Gasteiger partial charge in [-0.3, -0.25) is 9.59 Å². The van der Waals surface area contributed by atoms with Gasteiger partial charge in [0.05, 0.1) is 12.8 Å². The summed E-state index contributed by atoms with van der Waals surface area (Å²) in [6.45, 7) is 0.426. The molecule has 176 valence electrons. The van der Waals surface area contributed by atoms with E-state index in [9.17, 15) is 22.8 Å². The van der Waals surface area contributed by atoms with Crippen molar-refractivity contribution in [2.24, 2.45) is 0 Å². The number of methoxy groups -OCH3 is 1. The molecule has 0 saturated heterocycles. The Hall–Kier alpha value is -2.02. The van der Waals surface area contributed by atoms with Crippen LogP contribution < -0.4 is 10.1 Å². The summed E-state index contributed by atoms with van der Waals surface area (Å²) >= 11 is 2.32. The van der Waals surface area contributed by atoms with Crippen LogP contribution in [0.2, 0.25) is 0 Å². The number of alkyl halides is 3. The summed E-state index contributed by atoms with van der Waals surface area (Å²) in [4.78, 5) is 31.0. The van der Waals surface area contributed by atoms with Crippen LogP contribution in [0.4, 0.5) is 18.9 Å². The first-order chi connectivity index (χ1) is 15.7. The van der Waals surface area contributed by atoms with Crippen molar-refractivity contribution in [2.45, 2.75) is 49.7 Å². The predicted octanol–water partition coefficient (Wildman–Crippen LogP) is 5.71. The summed E-state index contributed by atoms with van der Waals surface area (Å²) in [6, 6.07) is 6.55. The van der Waals surface area contributed by atoms with Crippen LogP contribution in [-0.2, 0) is 12.7 Å². The van der Waals surface area contributed by atoms with Gasteiger partial charge in [0.15, 0.2) is 0 Å². The van der Waals surface area contributed by atoms with E-state index < -0.39 is 17.8 Å². The molecule has 0 atom stereocenters. The van der Waals surface area contributed by atoms with E-state index in [2.05, 4.69) is 31.5 Å². The highest BCUT2D eigenvalue weighted by Gasteiger charge is 2.36. The Morgan fingerprint density at radius 2 is 1.97 bits per heavy atom. The van der Waals surface area contributed by atoms with Gasteiger partial charge in [0.25, 0.3) is 11.8 Å². The number of rotatable bonds is 5. The number of fused-ring (bicyclic) bond motifs is 1. The van der Waals surface area contributed by atoms with Crippen molar-refractivity contribution < 1.29 is 27.5 Å². The van der Waals surface area contributed by atoms with E-state index in [1.807, 2.05) is 13.8 Å². The van der Waals surface area contributed by atoms with Crippen LogP contribution in [0.15, 0.2) is 30.3 Å². The zero-order valence-corrected chi connectivity index (χ0v) is 20.6. The minimum atomic E-state index is -4.65. The molecule has 1 aliphatic heterocycles. The topological polar surface area (TPSA) is 71.5 Å². The number of carbonyl (C=O) groups excluding carboxylic acids is 2. The maximum Gasteiger partial charge on any atom is 0.433 e. The Labute approximate surface area is 205 Å². The van der Waals surface area contributed by atoms with E-state index >= 15 is 0 Å². The van der Waals surface area contributed by atoms with Crippen LogP contribution in [-0.4, -0.2) is 40.1 Å². The van der Waals surface area contributed by atoms with Crippen LogP contribution in [0.1, 0.15) is 57.8 Å². The molecule has 1 aromatic carbocycles. The lowest BCUT2D eigenvalue weighted by Crippen LogP contribution is -2.38. The first-order valence-corrected chi connectivity index (χ1v) is 13.8. The number of anilines is 1. The number of halogens is 4. The van der Waals surface area contributed by atoms with Crippen molar-refractivity contribution in [3.8, 4) is 5.75 Å². The van der Waals surface area contributed by atoms with Crippen molar-refractivity contribution in [1.82, 2.24) is 9.88 Å². The number of nitrogens with one attached hydrogen (secondary N) is 1. The molecule has 0 unspecified atom stereocenters. The van der Waals surface area contributed by atoms with Crippen molar-refractivity contribution in [3.05, 3.63) is 52.8 Å². The molecule has 6 nitrogen and oxygen atoms in total. The second-order valence-electron chi connectivity index (χ2n) is 8.02. The molecule has 0 bridgehead atoms. The molecule has 1 N–H and O–H groups in total. The van der Waals surface area contributed by atoms with Gasteiger partial charge in [-0.05, 0) is 76.7 Å². The summed E-state index contributed by atoms with van der Waals surface area (Å²) in [5.74, 6) is -0.601. The second-order valence-corrected chi connectivity index (χ2v) is 10.4. The Morgan fingerprint density at radius 1 is 1.24 bits per heavy atom. The lowest BCUT2D eigenvalue weighted by Gasteiger charge is -2.33. The number of nitrogens with zero attached hydrogens (tertiary/aromatic N) is 2. The number of ether oxygens (including phenoxy) is 1. The van der Waals surface area contributed by atoms with Crippen LogP contribution in [0.25, 0.3) is 0 Å². The van der Waals surface area contributed by atoms with Crippen LogP contribution >= 0.6 is 30.1 Å². The van der Waals surface area contributed by atoms with Crippen LogP contribution in [0.3, 0.4) is 0 Å². The van der Waals surface area contributed by atoms with Crippen LogP contribution in [0.5, 0.6) is 5.75 Å².